The Morgan fingerprint density at radius 1 is 1.15 bits per heavy atom. The predicted molar refractivity (Wildman–Crippen MR) is 101 cm³/mol. The first-order valence-electron chi connectivity index (χ1n) is 9.90. The van der Waals surface area contributed by atoms with E-state index >= 15 is 0 Å². The Morgan fingerprint density at radius 3 is 2.54 bits per heavy atom. The van der Waals surface area contributed by atoms with Crippen molar-refractivity contribution in [2.24, 2.45) is 0 Å². The molecule has 7 nitrogen and oxygen atoms in total. The van der Waals surface area contributed by atoms with Crippen LogP contribution in [0.1, 0.15) is 56.9 Å². The van der Waals surface area contributed by atoms with Crippen LogP contribution < -0.4 is 10.2 Å². The molecular formula is C18H30N5O2S+. The van der Waals surface area contributed by atoms with Crippen molar-refractivity contribution in [1.82, 2.24) is 15.1 Å². The van der Waals surface area contributed by atoms with Gasteiger partial charge in [-0.05, 0) is 32.1 Å². The first kappa shape index (κ1) is 19.2. The molecule has 0 radical (unpaired) electrons. The third kappa shape index (κ3) is 5.23. The lowest BCUT2D eigenvalue weighted by Crippen LogP contribution is -3.18. The van der Waals surface area contributed by atoms with E-state index in [1.54, 1.807) is 4.90 Å². The summed E-state index contributed by atoms with van der Waals surface area (Å²) in [5, 5.41) is 12.1. The molecular weight excluding hydrogens is 350 g/mol. The van der Waals surface area contributed by atoms with E-state index in [2.05, 4.69) is 15.5 Å². The van der Waals surface area contributed by atoms with E-state index in [0.717, 1.165) is 43.6 Å². The van der Waals surface area contributed by atoms with Crippen LogP contribution in [0.25, 0.3) is 0 Å². The van der Waals surface area contributed by atoms with Crippen LogP contribution in [0.2, 0.25) is 0 Å². The largest absolute Gasteiger partial charge is 0.331 e. The lowest BCUT2D eigenvalue weighted by Gasteiger charge is -2.38. The molecule has 1 aliphatic carbocycles. The molecule has 0 atom stereocenters. The Labute approximate surface area is 159 Å². The number of aryl methyl sites for hydroxylation is 1. The van der Waals surface area contributed by atoms with Crippen LogP contribution in [0.5, 0.6) is 0 Å². The second kappa shape index (κ2) is 9.41. The van der Waals surface area contributed by atoms with Crippen molar-refractivity contribution in [2.75, 3.05) is 31.5 Å². The Morgan fingerprint density at radius 2 is 1.88 bits per heavy atom. The number of anilines is 1. The van der Waals surface area contributed by atoms with E-state index in [4.69, 9.17) is 0 Å². The first-order valence-corrected chi connectivity index (χ1v) is 10.7. The molecule has 8 heteroatoms. The number of amides is 2. The molecule has 2 N–H and O–H groups in total. The molecule has 1 saturated carbocycles. The van der Waals surface area contributed by atoms with Crippen LogP contribution in [0.4, 0.5) is 5.13 Å². The van der Waals surface area contributed by atoms with Crippen LogP contribution in [0.3, 0.4) is 0 Å². The summed E-state index contributed by atoms with van der Waals surface area (Å²) in [6.07, 6.45) is 8.07. The van der Waals surface area contributed by atoms with Crippen molar-refractivity contribution in [3.8, 4) is 0 Å². The highest BCUT2D eigenvalue weighted by atomic mass is 32.1. The normalized spacial score (nSPS) is 19.5. The number of rotatable bonds is 6. The zero-order valence-electron chi connectivity index (χ0n) is 15.6. The van der Waals surface area contributed by atoms with E-state index in [1.807, 2.05) is 11.8 Å². The number of hydrogen-bond donors (Lipinski definition) is 2. The van der Waals surface area contributed by atoms with Crippen LogP contribution in [-0.2, 0) is 16.0 Å². The maximum absolute atomic E-state index is 12.4. The summed E-state index contributed by atoms with van der Waals surface area (Å²) in [5.74, 6) is -0.0713. The average Bonchev–Trinajstić information content (AvgIpc) is 3.14. The monoisotopic (exact) mass is 380 g/mol. The fraction of sp³-hybridized carbons (Fsp3) is 0.778. The number of nitrogens with zero attached hydrogens (tertiary/aromatic N) is 3. The first-order chi connectivity index (χ1) is 12.7. The van der Waals surface area contributed by atoms with Gasteiger partial charge in [0.1, 0.15) is 5.01 Å². The molecule has 0 unspecified atom stereocenters. The van der Waals surface area contributed by atoms with Gasteiger partial charge in [0, 0.05) is 12.8 Å². The Kier molecular flexibility index (Phi) is 6.96. The molecule has 2 aliphatic rings. The van der Waals surface area contributed by atoms with Crippen molar-refractivity contribution in [1.29, 1.82) is 0 Å². The molecule has 26 heavy (non-hydrogen) atoms. The van der Waals surface area contributed by atoms with Gasteiger partial charge < -0.3 is 15.1 Å². The summed E-state index contributed by atoms with van der Waals surface area (Å²) in [6, 6.07) is 0.798. The molecule has 1 aromatic heterocycles. The fourth-order valence-corrected chi connectivity index (χ4v) is 4.67. The summed E-state index contributed by atoms with van der Waals surface area (Å²) < 4.78 is 0. The smallest absolute Gasteiger partial charge is 0.226 e. The Bertz CT molecular complexity index is 606. The minimum absolute atomic E-state index is 0.0920. The van der Waals surface area contributed by atoms with E-state index in [9.17, 15) is 9.59 Å². The summed E-state index contributed by atoms with van der Waals surface area (Å²) in [5.41, 5.74) is 0. The molecule has 2 fully saturated rings. The summed E-state index contributed by atoms with van der Waals surface area (Å²) in [4.78, 5) is 28.0. The zero-order valence-corrected chi connectivity index (χ0v) is 16.4. The van der Waals surface area contributed by atoms with Gasteiger partial charge in [0.2, 0.25) is 16.9 Å². The molecule has 3 rings (SSSR count). The average molecular weight is 381 g/mol. The molecule has 2 amide bonds. The predicted octanol–water partition coefficient (Wildman–Crippen LogP) is 0.879. The zero-order chi connectivity index (χ0) is 18.4. The van der Waals surface area contributed by atoms with Gasteiger partial charge in [-0.3, -0.25) is 9.59 Å². The van der Waals surface area contributed by atoms with Crippen molar-refractivity contribution in [3.63, 3.8) is 0 Å². The van der Waals surface area contributed by atoms with E-state index in [0.29, 0.717) is 5.13 Å². The van der Waals surface area contributed by atoms with Gasteiger partial charge in [0.15, 0.2) is 0 Å². The summed E-state index contributed by atoms with van der Waals surface area (Å²) >= 11 is 1.38. The Balaban J connectivity index is 1.36. The van der Waals surface area contributed by atoms with E-state index < -0.39 is 0 Å². The number of hydrogen-bond acceptors (Lipinski definition) is 5. The lowest BCUT2D eigenvalue weighted by molar-refractivity contribution is -0.930. The van der Waals surface area contributed by atoms with Gasteiger partial charge in [-0.15, -0.1) is 10.2 Å². The molecule has 1 aromatic rings. The third-order valence-corrected chi connectivity index (χ3v) is 6.51. The number of carbonyl (C=O) groups is 2. The van der Waals surface area contributed by atoms with Crippen LogP contribution in [0, 0.1) is 0 Å². The van der Waals surface area contributed by atoms with Crippen molar-refractivity contribution >= 4 is 28.3 Å². The van der Waals surface area contributed by atoms with Crippen molar-refractivity contribution in [3.05, 3.63) is 5.01 Å². The molecule has 0 bridgehead atoms. The molecule has 144 valence electrons. The number of quaternary nitrogens is 1. The van der Waals surface area contributed by atoms with Crippen LogP contribution in [0.15, 0.2) is 0 Å². The maximum atomic E-state index is 12.4. The number of carbonyl (C=O) groups excluding carboxylic acids is 2. The minimum Gasteiger partial charge on any atom is -0.331 e. The SMILES string of the molecule is CCc1nnc(NC(=O)CCC(=O)N2CC[NH+](C3CCCCC3)CC2)s1. The third-order valence-electron chi connectivity index (χ3n) is 5.52. The number of nitrogens with one attached hydrogen (secondary N) is 2. The van der Waals surface area contributed by atoms with Gasteiger partial charge in [0.05, 0.1) is 32.2 Å². The van der Waals surface area contributed by atoms with E-state index in [1.165, 1.54) is 43.4 Å². The summed E-state index contributed by atoms with van der Waals surface area (Å²) in [6.45, 7) is 5.74. The van der Waals surface area contributed by atoms with Gasteiger partial charge in [-0.2, -0.15) is 0 Å². The highest BCUT2D eigenvalue weighted by Gasteiger charge is 2.30. The number of aromatic nitrogens is 2. The van der Waals surface area contributed by atoms with Gasteiger partial charge in [-0.1, -0.05) is 24.7 Å². The number of piperazine rings is 1. The molecule has 2 heterocycles. The quantitative estimate of drug-likeness (QED) is 0.768. The minimum atomic E-state index is -0.163. The molecule has 1 saturated heterocycles. The van der Waals surface area contributed by atoms with Crippen LogP contribution in [-0.4, -0.2) is 59.1 Å². The molecule has 0 aromatic carbocycles. The molecule has 1 aliphatic heterocycles. The molecule has 0 spiro atoms. The maximum Gasteiger partial charge on any atom is 0.226 e. The van der Waals surface area contributed by atoms with Crippen molar-refractivity contribution < 1.29 is 14.5 Å². The highest BCUT2D eigenvalue weighted by Crippen LogP contribution is 2.17. The lowest BCUT2D eigenvalue weighted by atomic mass is 9.94. The van der Waals surface area contributed by atoms with Crippen molar-refractivity contribution in [2.45, 2.75) is 64.3 Å². The van der Waals surface area contributed by atoms with Crippen LogP contribution >= 0.6 is 11.3 Å². The van der Waals surface area contributed by atoms with Gasteiger partial charge in [0.25, 0.3) is 0 Å². The topological polar surface area (TPSA) is 79.6 Å². The van der Waals surface area contributed by atoms with Gasteiger partial charge >= 0.3 is 0 Å². The standard InChI is InChI=1S/C18H29N5O2S/c1-2-16-20-21-18(26-16)19-15(24)8-9-17(25)23-12-10-22(11-13-23)14-6-4-3-5-7-14/h14H,2-13H2,1H3,(H,19,21,24)/p+1. The summed E-state index contributed by atoms with van der Waals surface area (Å²) in [7, 11) is 0. The highest BCUT2D eigenvalue weighted by molar-refractivity contribution is 7.15. The Hall–Kier alpha value is -1.54. The van der Waals surface area contributed by atoms with E-state index in [-0.39, 0.29) is 24.7 Å². The second-order valence-electron chi connectivity index (χ2n) is 7.28. The van der Waals surface area contributed by atoms with Gasteiger partial charge in [-0.25, -0.2) is 0 Å². The fourth-order valence-electron chi connectivity index (χ4n) is 3.97. The second-order valence-corrected chi connectivity index (χ2v) is 8.34.